The minimum atomic E-state index is -0.374. The van der Waals surface area contributed by atoms with Crippen molar-refractivity contribution in [3.63, 3.8) is 0 Å². The zero-order valence-electron chi connectivity index (χ0n) is 13.9. The molecule has 1 amide bonds. The largest absolute Gasteiger partial charge is 0.462 e. The Bertz CT molecular complexity index is 849. The number of anilines is 1. The molecule has 2 heterocycles. The van der Waals surface area contributed by atoms with Crippen molar-refractivity contribution in [2.45, 2.75) is 19.8 Å². The van der Waals surface area contributed by atoms with Crippen LogP contribution < -0.4 is 5.73 Å². The van der Waals surface area contributed by atoms with Crippen molar-refractivity contribution < 1.29 is 14.3 Å². The molecular formula is C17H19N3O3S2. The number of nitrogen functional groups attached to an aromatic ring is 1. The van der Waals surface area contributed by atoms with Crippen LogP contribution in [-0.4, -0.2) is 41.0 Å². The predicted octanol–water partition coefficient (Wildman–Crippen LogP) is 3.26. The van der Waals surface area contributed by atoms with Crippen LogP contribution in [0.2, 0.25) is 0 Å². The Morgan fingerprint density at radius 3 is 2.48 bits per heavy atom. The van der Waals surface area contributed by atoms with Gasteiger partial charge in [-0.25, -0.2) is 4.79 Å². The van der Waals surface area contributed by atoms with Crippen molar-refractivity contribution in [1.29, 1.82) is 0 Å². The van der Waals surface area contributed by atoms with E-state index in [1.165, 1.54) is 11.3 Å². The third-order valence-electron chi connectivity index (χ3n) is 4.07. The van der Waals surface area contributed by atoms with Gasteiger partial charge in [0.25, 0.3) is 5.91 Å². The summed E-state index contributed by atoms with van der Waals surface area (Å²) in [4.78, 5) is 26.6. The van der Waals surface area contributed by atoms with Crippen molar-refractivity contribution in [2.75, 3.05) is 25.4 Å². The molecule has 1 aromatic heterocycles. The second-order valence-corrected chi connectivity index (χ2v) is 7.33. The highest BCUT2D eigenvalue weighted by atomic mass is 32.1. The number of likely N-dealkylation sites (tertiary alicyclic amines) is 1. The Kier molecular flexibility index (Phi) is 5.19. The molecule has 1 aliphatic rings. The molecule has 2 N–H and O–H groups in total. The molecule has 8 heteroatoms. The lowest BCUT2D eigenvalue weighted by Crippen LogP contribution is -2.27. The summed E-state index contributed by atoms with van der Waals surface area (Å²) in [5.74, 6) is -0.0929. The van der Waals surface area contributed by atoms with Gasteiger partial charge >= 0.3 is 5.97 Å². The fraction of sp³-hybridized carbons (Fsp3) is 0.353. The van der Waals surface area contributed by atoms with Gasteiger partial charge in [-0.15, -0.1) is 0 Å². The molecule has 2 aromatic rings. The van der Waals surface area contributed by atoms with Gasteiger partial charge in [0.15, 0.2) is 3.95 Å². The van der Waals surface area contributed by atoms with E-state index in [1.54, 1.807) is 35.8 Å². The maximum Gasteiger partial charge on any atom is 0.338 e. The van der Waals surface area contributed by atoms with Crippen LogP contribution in [0.4, 0.5) is 5.82 Å². The van der Waals surface area contributed by atoms with Crippen molar-refractivity contribution in [1.82, 2.24) is 9.47 Å². The summed E-state index contributed by atoms with van der Waals surface area (Å²) in [6.07, 6.45) is 2.04. The lowest BCUT2D eigenvalue weighted by atomic mass is 10.2. The third kappa shape index (κ3) is 3.45. The number of amides is 1. The van der Waals surface area contributed by atoms with Gasteiger partial charge in [0.1, 0.15) is 10.7 Å². The van der Waals surface area contributed by atoms with Crippen LogP contribution >= 0.6 is 23.6 Å². The average molecular weight is 377 g/mol. The van der Waals surface area contributed by atoms with Crippen LogP contribution in [0.15, 0.2) is 24.3 Å². The standard InChI is InChI=1S/C17H19N3O3S2/c1-2-23-16(22)11-5-7-12(8-6-11)20-14(18)13(25-17(20)24)15(21)19-9-3-4-10-19/h5-8H,2-4,9-10,18H2,1H3. The van der Waals surface area contributed by atoms with Gasteiger partial charge in [0.2, 0.25) is 0 Å². The molecule has 0 unspecified atom stereocenters. The Balaban J connectivity index is 1.91. The van der Waals surface area contributed by atoms with E-state index in [9.17, 15) is 9.59 Å². The fourth-order valence-electron chi connectivity index (χ4n) is 2.81. The number of hydrogen-bond acceptors (Lipinski definition) is 6. The zero-order valence-corrected chi connectivity index (χ0v) is 15.5. The SMILES string of the molecule is CCOC(=O)c1ccc(-n2c(N)c(C(=O)N3CCCC3)sc2=S)cc1. The minimum absolute atomic E-state index is 0.0620. The molecule has 3 rings (SSSR count). The van der Waals surface area contributed by atoms with Crippen LogP contribution in [0.5, 0.6) is 0 Å². The second-order valence-electron chi connectivity index (χ2n) is 5.68. The first-order valence-electron chi connectivity index (χ1n) is 8.11. The maximum absolute atomic E-state index is 12.6. The lowest BCUT2D eigenvalue weighted by molar-refractivity contribution is 0.0526. The van der Waals surface area contributed by atoms with Crippen LogP contribution in [0.25, 0.3) is 5.69 Å². The number of aromatic nitrogens is 1. The molecule has 0 atom stereocenters. The summed E-state index contributed by atoms with van der Waals surface area (Å²) in [5, 5.41) is 0. The Labute approximate surface area is 154 Å². The minimum Gasteiger partial charge on any atom is -0.462 e. The fourth-order valence-corrected chi connectivity index (χ4v) is 4.14. The van der Waals surface area contributed by atoms with Crippen LogP contribution in [0.3, 0.4) is 0 Å². The predicted molar refractivity (Wildman–Crippen MR) is 100.0 cm³/mol. The molecule has 1 aliphatic heterocycles. The number of esters is 1. The van der Waals surface area contributed by atoms with E-state index in [4.69, 9.17) is 22.7 Å². The molecule has 132 valence electrons. The van der Waals surface area contributed by atoms with E-state index in [-0.39, 0.29) is 11.9 Å². The highest BCUT2D eigenvalue weighted by Gasteiger charge is 2.25. The van der Waals surface area contributed by atoms with Gasteiger partial charge in [-0.05, 0) is 56.2 Å². The zero-order chi connectivity index (χ0) is 18.0. The molecule has 0 aliphatic carbocycles. The number of carbonyl (C=O) groups excluding carboxylic acids is 2. The molecular weight excluding hydrogens is 358 g/mol. The van der Waals surface area contributed by atoms with Crippen LogP contribution in [0, 0.1) is 3.95 Å². The first-order chi connectivity index (χ1) is 12.0. The van der Waals surface area contributed by atoms with Crippen molar-refractivity contribution >= 4 is 41.2 Å². The molecule has 0 saturated carbocycles. The van der Waals surface area contributed by atoms with Gasteiger partial charge in [0.05, 0.1) is 12.2 Å². The Hall–Kier alpha value is -2.19. The topological polar surface area (TPSA) is 77.6 Å². The highest BCUT2D eigenvalue weighted by molar-refractivity contribution is 7.73. The maximum atomic E-state index is 12.6. The third-order valence-corrected chi connectivity index (χ3v) is 5.45. The summed E-state index contributed by atoms with van der Waals surface area (Å²) in [7, 11) is 0. The molecule has 25 heavy (non-hydrogen) atoms. The van der Waals surface area contributed by atoms with Crippen molar-refractivity contribution in [3.05, 3.63) is 38.7 Å². The molecule has 1 fully saturated rings. The number of nitrogens with zero attached hydrogens (tertiary/aromatic N) is 2. The summed E-state index contributed by atoms with van der Waals surface area (Å²) < 4.78 is 7.14. The van der Waals surface area contributed by atoms with E-state index >= 15 is 0 Å². The van der Waals surface area contributed by atoms with Gasteiger partial charge in [-0.1, -0.05) is 11.3 Å². The lowest BCUT2D eigenvalue weighted by Gasteiger charge is -2.14. The van der Waals surface area contributed by atoms with E-state index < -0.39 is 0 Å². The number of rotatable bonds is 4. The average Bonchev–Trinajstić information content (AvgIpc) is 3.23. The van der Waals surface area contributed by atoms with Gasteiger partial charge in [-0.2, -0.15) is 0 Å². The van der Waals surface area contributed by atoms with Gasteiger partial charge < -0.3 is 15.4 Å². The number of ether oxygens (including phenoxy) is 1. The molecule has 0 bridgehead atoms. The second kappa shape index (κ2) is 7.37. The quantitative estimate of drug-likeness (QED) is 0.654. The molecule has 6 nitrogen and oxygen atoms in total. The summed E-state index contributed by atoms with van der Waals surface area (Å²) in [6, 6.07) is 6.81. The number of benzene rings is 1. The highest BCUT2D eigenvalue weighted by Crippen LogP contribution is 2.28. The molecule has 1 aromatic carbocycles. The summed E-state index contributed by atoms with van der Waals surface area (Å²) >= 11 is 6.62. The van der Waals surface area contributed by atoms with E-state index in [1.807, 2.05) is 4.90 Å². The molecule has 0 spiro atoms. The number of thiazole rings is 1. The van der Waals surface area contributed by atoms with Crippen LogP contribution in [0.1, 0.15) is 39.8 Å². The summed E-state index contributed by atoms with van der Waals surface area (Å²) in [6.45, 7) is 3.61. The van der Waals surface area contributed by atoms with Gasteiger partial charge in [-0.3, -0.25) is 9.36 Å². The molecule has 1 saturated heterocycles. The Morgan fingerprint density at radius 2 is 1.88 bits per heavy atom. The summed E-state index contributed by atoms with van der Waals surface area (Å²) in [5.41, 5.74) is 7.39. The van der Waals surface area contributed by atoms with E-state index in [2.05, 4.69) is 0 Å². The normalized spacial score (nSPS) is 13.9. The number of nitrogens with two attached hydrogens (primary N) is 1. The van der Waals surface area contributed by atoms with Crippen molar-refractivity contribution in [2.24, 2.45) is 0 Å². The van der Waals surface area contributed by atoms with Gasteiger partial charge in [0, 0.05) is 18.8 Å². The first-order valence-corrected chi connectivity index (χ1v) is 9.33. The first kappa shape index (κ1) is 17.6. The van der Waals surface area contributed by atoms with E-state index in [0.717, 1.165) is 25.9 Å². The molecule has 0 radical (unpaired) electrons. The monoisotopic (exact) mass is 377 g/mol. The van der Waals surface area contributed by atoms with Crippen LogP contribution in [-0.2, 0) is 4.74 Å². The van der Waals surface area contributed by atoms with Crippen molar-refractivity contribution in [3.8, 4) is 5.69 Å². The number of carbonyl (C=O) groups is 2. The smallest absolute Gasteiger partial charge is 0.338 e. The Morgan fingerprint density at radius 1 is 1.24 bits per heavy atom. The van der Waals surface area contributed by atoms with E-state index in [0.29, 0.717) is 32.5 Å². The number of hydrogen-bond donors (Lipinski definition) is 1.